The van der Waals surface area contributed by atoms with Gasteiger partial charge in [0.2, 0.25) is 5.78 Å². The van der Waals surface area contributed by atoms with Gasteiger partial charge in [0.15, 0.2) is 0 Å². The number of ketones is 1. The fourth-order valence-corrected chi connectivity index (χ4v) is 1.78. The highest BCUT2D eigenvalue weighted by Crippen LogP contribution is 2.04. The number of Topliss-reactive ketones (excluding diaryl/α,β-unsaturated/α-hetero) is 1. The van der Waals surface area contributed by atoms with E-state index < -0.39 is 17.5 Å². The summed E-state index contributed by atoms with van der Waals surface area (Å²) < 4.78 is 12.7. The van der Waals surface area contributed by atoms with Crippen molar-refractivity contribution in [1.82, 2.24) is 5.32 Å². The SMILES string of the molecule is O=C(NCCc1ccccc1)C(=O)c1ccc(F)cc1. The Morgan fingerprint density at radius 2 is 1.60 bits per heavy atom. The van der Waals surface area contributed by atoms with Crippen molar-refractivity contribution in [3.8, 4) is 0 Å². The molecule has 0 aliphatic heterocycles. The molecule has 0 aromatic heterocycles. The molecule has 0 spiro atoms. The zero-order valence-corrected chi connectivity index (χ0v) is 10.8. The number of carbonyl (C=O) groups is 2. The Balaban J connectivity index is 1.85. The van der Waals surface area contributed by atoms with Crippen LogP contribution in [0.1, 0.15) is 15.9 Å². The second kappa shape index (κ2) is 6.61. The van der Waals surface area contributed by atoms with E-state index in [1.54, 1.807) is 0 Å². The van der Waals surface area contributed by atoms with Crippen LogP contribution in [0.15, 0.2) is 54.6 Å². The highest BCUT2D eigenvalue weighted by atomic mass is 19.1. The number of halogens is 1. The highest BCUT2D eigenvalue weighted by molar-refractivity contribution is 6.42. The Bertz CT molecular complexity index is 594. The molecule has 2 rings (SSSR count). The second-order valence-electron chi connectivity index (χ2n) is 4.33. The number of hydrogen-bond acceptors (Lipinski definition) is 2. The molecule has 2 aromatic rings. The topological polar surface area (TPSA) is 46.2 Å². The first-order valence-electron chi connectivity index (χ1n) is 6.29. The molecule has 4 heteroatoms. The smallest absolute Gasteiger partial charge is 0.292 e. The van der Waals surface area contributed by atoms with E-state index in [4.69, 9.17) is 0 Å². The van der Waals surface area contributed by atoms with Crippen molar-refractivity contribution in [2.75, 3.05) is 6.54 Å². The first-order chi connectivity index (χ1) is 9.66. The van der Waals surface area contributed by atoms with Crippen molar-refractivity contribution in [2.45, 2.75) is 6.42 Å². The van der Waals surface area contributed by atoms with Crippen molar-refractivity contribution in [3.63, 3.8) is 0 Å². The number of hydrogen-bond donors (Lipinski definition) is 1. The zero-order chi connectivity index (χ0) is 14.4. The van der Waals surface area contributed by atoms with E-state index in [2.05, 4.69) is 5.32 Å². The van der Waals surface area contributed by atoms with E-state index in [9.17, 15) is 14.0 Å². The first-order valence-corrected chi connectivity index (χ1v) is 6.29. The van der Waals surface area contributed by atoms with Crippen LogP contribution in [0.5, 0.6) is 0 Å². The van der Waals surface area contributed by atoms with Crippen molar-refractivity contribution >= 4 is 11.7 Å². The van der Waals surface area contributed by atoms with E-state index in [0.29, 0.717) is 13.0 Å². The average molecular weight is 271 g/mol. The Morgan fingerprint density at radius 1 is 0.950 bits per heavy atom. The molecule has 0 aliphatic rings. The van der Waals surface area contributed by atoms with E-state index in [0.717, 1.165) is 17.7 Å². The summed E-state index contributed by atoms with van der Waals surface area (Å²) in [5.41, 5.74) is 1.27. The summed E-state index contributed by atoms with van der Waals surface area (Å²) in [6.07, 6.45) is 0.656. The lowest BCUT2D eigenvalue weighted by molar-refractivity contribution is -0.116. The van der Waals surface area contributed by atoms with Gasteiger partial charge in [0.1, 0.15) is 5.82 Å². The third-order valence-electron chi connectivity index (χ3n) is 2.85. The highest BCUT2D eigenvalue weighted by Gasteiger charge is 2.15. The summed E-state index contributed by atoms with van der Waals surface area (Å²) in [5.74, 6) is -1.77. The van der Waals surface area contributed by atoms with Crippen LogP contribution in [0.3, 0.4) is 0 Å². The molecule has 3 nitrogen and oxygen atoms in total. The summed E-state index contributed by atoms with van der Waals surface area (Å²) in [7, 11) is 0. The van der Waals surface area contributed by atoms with Crippen LogP contribution >= 0.6 is 0 Å². The number of benzene rings is 2. The Morgan fingerprint density at radius 3 is 2.25 bits per heavy atom. The summed E-state index contributed by atoms with van der Waals surface area (Å²) in [4.78, 5) is 23.4. The normalized spacial score (nSPS) is 10.1. The number of amides is 1. The van der Waals surface area contributed by atoms with Gasteiger partial charge in [-0.1, -0.05) is 30.3 Å². The fraction of sp³-hybridized carbons (Fsp3) is 0.125. The molecule has 0 saturated heterocycles. The maximum absolute atomic E-state index is 12.7. The van der Waals surface area contributed by atoms with E-state index in [-0.39, 0.29) is 5.56 Å². The van der Waals surface area contributed by atoms with Crippen LogP contribution in [0.25, 0.3) is 0 Å². The van der Waals surface area contributed by atoms with Gasteiger partial charge < -0.3 is 5.32 Å². The van der Waals surface area contributed by atoms with Crippen LogP contribution in [-0.2, 0) is 11.2 Å². The molecule has 0 radical (unpaired) electrons. The van der Waals surface area contributed by atoms with Crippen molar-refractivity contribution in [1.29, 1.82) is 0 Å². The lowest BCUT2D eigenvalue weighted by atomic mass is 10.1. The molecule has 0 bridgehead atoms. The maximum atomic E-state index is 12.7. The minimum atomic E-state index is -0.674. The monoisotopic (exact) mass is 271 g/mol. The fourth-order valence-electron chi connectivity index (χ4n) is 1.78. The van der Waals surface area contributed by atoms with Gasteiger partial charge >= 0.3 is 0 Å². The predicted molar refractivity (Wildman–Crippen MR) is 73.9 cm³/mol. The molecule has 0 unspecified atom stereocenters. The number of nitrogens with one attached hydrogen (secondary N) is 1. The summed E-state index contributed by atoms with van der Waals surface area (Å²) in [6, 6.07) is 14.6. The molecule has 0 saturated carbocycles. The largest absolute Gasteiger partial charge is 0.349 e. The molecular formula is C16H14FNO2. The molecule has 0 fully saturated rings. The minimum Gasteiger partial charge on any atom is -0.349 e. The molecule has 0 atom stereocenters. The van der Waals surface area contributed by atoms with Gasteiger partial charge in [-0.15, -0.1) is 0 Å². The lowest BCUT2D eigenvalue weighted by Crippen LogP contribution is -2.32. The molecule has 20 heavy (non-hydrogen) atoms. The molecule has 1 N–H and O–H groups in total. The molecule has 1 amide bonds. The average Bonchev–Trinajstić information content (AvgIpc) is 2.48. The molecule has 0 aliphatic carbocycles. The molecule has 0 heterocycles. The van der Waals surface area contributed by atoms with E-state index in [1.807, 2.05) is 30.3 Å². The molecule has 102 valence electrons. The Hall–Kier alpha value is -2.49. The van der Waals surface area contributed by atoms with Gasteiger partial charge in [0.05, 0.1) is 0 Å². The van der Waals surface area contributed by atoms with Gasteiger partial charge in [-0.2, -0.15) is 0 Å². The van der Waals surface area contributed by atoms with Crippen molar-refractivity contribution < 1.29 is 14.0 Å². The van der Waals surface area contributed by atoms with E-state index in [1.165, 1.54) is 12.1 Å². The van der Waals surface area contributed by atoms with Gasteiger partial charge in [0, 0.05) is 12.1 Å². The summed E-state index contributed by atoms with van der Waals surface area (Å²) in [5, 5.41) is 2.56. The van der Waals surface area contributed by atoms with Crippen LogP contribution in [0.2, 0.25) is 0 Å². The van der Waals surface area contributed by atoms with Crippen LogP contribution < -0.4 is 5.32 Å². The maximum Gasteiger partial charge on any atom is 0.292 e. The van der Waals surface area contributed by atoms with Crippen LogP contribution in [-0.4, -0.2) is 18.2 Å². The summed E-state index contributed by atoms with van der Waals surface area (Å²) in [6.45, 7) is 0.385. The standard InChI is InChI=1S/C16H14FNO2/c17-14-8-6-13(7-9-14)15(19)16(20)18-11-10-12-4-2-1-3-5-12/h1-9H,10-11H2,(H,18,20). The summed E-state index contributed by atoms with van der Waals surface area (Å²) >= 11 is 0. The van der Waals surface area contributed by atoms with Gasteiger partial charge in [-0.3, -0.25) is 9.59 Å². The first kappa shape index (κ1) is 13.9. The van der Waals surface area contributed by atoms with Gasteiger partial charge in [-0.25, -0.2) is 4.39 Å². The van der Waals surface area contributed by atoms with Gasteiger partial charge in [-0.05, 0) is 36.2 Å². The number of carbonyl (C=O) groups excluding carboxylic acids is 2. The minimum absolute atomic E-state index is 0.184. The molecular weight excluding hydrogens is 257 g/mol. The number of rotatable bonds is 5. The Kier molecular flexibility index (Phi) is 4.60. The quantitative estimate of drug-likeness (QED) is 0.670. The van der Waals surface area contributed by atoms with Crippen LogP contribution in [0, 0.1) is 5.82 Å². The predicted octanol–water partition coefficient (Wildman–Crippen LogP) is 2.37. The third kappa shape index (κ3) is 3.75. The van der Waals surface area contributed by atoms with E-state index >= 15 is 0 Å². The van der Waals surface area contributed by atoms with Gasteiger partial charge in [0.25, 0.3) is 5.91 Å². The second-order valence-corrected chi connectivity index (χ2v) is 4.33. The van der Waals surface area contributed by atoms with Crippen LogP contribution in [0.4, 0.5) is 4.39 Å². The van der Waals surface area contributed by atoms with Crippen molar-refractivity contribution in [2.24, 2.45) is 0 Å². The zero-order valence-electron chi connectivity index (χ0n) is 10.8. The Labute approximate surface area is 116 Å². The lowest BCUT2D eigenvalue weighted by Gasteiger charge is -2.04. The third-order valence-corrected chi connectivity index (χ3v) is 2.85. The van der Waals surface area contributed by atoms with Crippen molar-refractivity contribution in [3.05, 3.63) is 71.5 Å². The molecule has 2 aromatic carbocycles.